The van der Waals surface area contributed by atoms with Gasteiger partial charge in [-0.2, -0.15) is 5.10 Å². The summed E-state index contributed by atoms with van der Waals surface area (Å²) < 4.78 is 12.8. The SMILES string of the molecule is Cc1cccc(Cl)c1OCc1ccc(C(=O)Nc2ccn(C)n2)o1. The average molecular weight is 346 g/mol. The Kier molecular flexibility index (Phi) is 4.57. The molecule has 1 aromatic carbocycles. The highest BCUT2D eigenvalue weighted by Crippen LogP contribution is 2.28. The third kappa shape index (κ3) is 3.60. The fraction of sp³-hybridized carbons (Fsp3) is 0.176. The third-order valence-electron chi connectivity index (χ3n) is 3.36. The van der Waals surface area contributed by atoms with E-state index in [1.807, 2.05) is 19.1 Å². The summed E-state index contributed by atoms with van der Waals surface area (Å²) in [5.74, 6) is 1.42. The van der Waals surface area contributed by atoms with Gasteiger partial charge in [0, 0.05) is 19.3 Å². The number of nitrogens with zero attached hydrogens (tertiary/aromatic N) is 2. The van der Waals surface area contributed by atoms with Gasteiger partial charge in [-0.1, -0.05) is 23.7 Å². The number of aryl methyl sites for hydroxylation is 2. The molecule has 0 spiro atoms. The summed E-state index contributed by atoms with van der Waals surface area (Å²) in [5.41, 5.74) is 0.933. The van der Waals surface area contributed by atoms with Crippen molar-refractivity contribution >= 4 is 23.3 Å². The second kappa shape index (κ2) is 6.80. The number of aromatic nitrogens is 2. The Labute approximate surface area is 144 Å². The topological polar surface area (TPSA) is 69.3 Å². The molecule has 1 amide bonds. The second-order valence-electron chi connectivity index (χ2n) is 5.27. The number of benzene rings is 1. The summed E-state index contributed by atoms with van der Waals surface area (Å²) in [6.45, 7) is 2.09. The largest absolute Gasteiger partial charge is 0.484 e. The molecule has 24 heavy (non-hydrogen) atoms. The predicted octanol–water partition coefficient (Wildman–Crippen LogP) is 3.81. The molecule has 6 nitrogen and oxygen atoms in total. The predicted molar refractivity (Wildman–Crippen MR) is 90.4 cm³/mol. The number of para-hydroxylation sites is 1. The van der Waals surface area contributed by atoms with Gasteiger partial charge in [0.15, 0.2) is 11.6 Å². The number of carbonyl (C=O) groups excluding carboxylic acids is 1. The zero-order chi connectivity index (χ0) is 17.1. The van der Waals surface area contributed by atoms with Crippen LogP contribution >= 0.6 is 11.6 Å². The van der Waals surface area contributed by atoms with Gasteiger partial charge in [0.1, 0.15) is 18.1 Å². The van der Waals surface area contributed by atoms with Gasteiger partial charge in [-0.05, 0) is 30.7 Å². The minimum atomic E-state index is -0.367. The first-order chi connectivity index (χ1) is 11.5. The van der Waals surface area contributed by atoms with Crippen molar-refractivity contribution in [1.29, 1.82) is 0 Å². The van der Waals surface area contributed by atoms with Crippen molar-refractivity contribution in [2.75, 3.05) is 5.32 Å². The fourth-order valence-electron chi connectivity index (χ4n) is 2.18. The molecule has 0 aliphatic carbocycles. The van der Waals surface area contributed by atoms with E-state index < -0.39 is 0 Å². The van der Waals surface area contributed by atoms with Crippen molar-refractivity contribution in [3.05, 3.63) is 64.7 Å². The lowest BCUT2D eigenvalue weighted by molar-refractivity contribution is 0.0992. The van der Waals surface area contributed by atoms with Crippen LogP contribution in [0.1, 0.15) is 21.9 Å². The number of carbonyl (C=O) groups is 1. The highest BCUT2D eigenvalue weighted by Gasteiger charge is 2.13. The Hall–Kier alpha value is -2.73. The molecule has 0 bridgehead atoms. The van der Waals surface area contributed by atoms with Crippen LogP contribution in [0.4, 0.5) is 5.82 Å². The van der Waals surface area contributed by atoms with Crippen molar-refractivity contribution in [1.82, 2.24) is 9.78 Å². The number of hydrogen-bond donors (Lipinski definition) is 1. The van der Waals surface area contributed by atoms with Crippen LogP contribution in [0.15, 0.2) is 47.0 Å². The van der Waals surface area contributed by atoms with Gasteiger partial charge in [-0.25, -0.2) is 0 Å². The van der Waals surface area contributed by atoms with Crippen molar-refractivity contribution in [2.24, 2.45) is 7.05 Å². The lowest BCUT2D eigenvalue weighted by Crippen LogP contribution is -2.11. The van der Waals surface area contributed by atoms with Gasteiger partial charge in [0.05, 0.1) is 5.02 Å². The summed E-state index contributed by atoms with van der Waals surface area (Å²) >= 11 is 6.12. The van der Waals surface area contributed by atoms with E-state index in [9.17, 15) is 4.79 Å². The van der Waals surface area contributed by atoms with E-state index in [-0.39, 0.29) is 18.3 Å². The van der Waals surface area contributed by atoms with Crippen LogP contribution in [0.2, 0.25) is 5.02 Å². The second-order valence-corrected chi connectivity index (χ2v) is 5.68. The maximum Gasteiger partial charge on any atom is 0.292 e. The zero-order valence-corrected chi connectivity index (χ0v) is 14.0. The molecular formula is C17H16ClN3O3. The highest BCUT2D eigenvalue weighted by atomic mass is 35.5. The van der Waals surface area contributed by atoms with E-state index >= 15 is 0 Å². The monoisotopic (exact) mass is 345 g/mol. The molecular weight excluding hydrogens is 330 g/mol. The maximum absolute atomic E-state index is 12.1. The molecule has 0 saturated heterocycles. The van der Waals surface area contributed by atoms with E-state index in [2.05, 4.69) is 10.4 Å². The minimum absolute atomic E-state index is 0.182. The van der Waals surface area contributed by atoms with Crippen molar-refractivity contribution in [2.45, 2.75) is 13.5 Å². The number of rotatable bonds is 5. The van der Waals surface area contributed by atoms with E-state index in [0.29, 0.717) is 22.4 Å². The van der Waals surface area contributed by atoms with Gasteiger partial charge < -0.3 is 14.5 Å². The molecule has 1 N–H and O–H groups in total. The van der Waals surface area contributed by atoms with Gasteiger partial charge >= 0.3 is 0 Å². The molecule has 0 unspecified atom stereocenters. The molecule has 0 atom stereocenters. The Balaban J connectivity index is 1.64. The molecule has 124 valence electrons. The number of amides is 1. The Morgan fingerprint density at radius 2 is 2.17 bits per heavy atom. The lowest BCUT2D eigenvalue weighted by atomic mass is 10.2. The van der Waals surface area contributed by atoms with Gasteiger partial charge in [0.2, 0.25) is 0 Å². The summed E-state index contributed by atoms with van der Waals surface area (Å²) in [6, 6.07) is 10.5. The highest BCUT2D eigenvalue weighted by molar-refractivity contribution is 6.32. The van der Waals surface area contributed by atoms with E-state index in [1.54, 1.807) is 42.2 Å². The van der Waals surface area contributed by atoms with Crippen molar-refractivity contribution < 1.29 is 13.9 Å². The van der Waals surface area contributed by atoms with Crippen LogP contribution in [0, 0.1) is 6.92 Å². The van der Waals surface area contributed by atoms with Gasteiger partial charge in [0.25, 0.3) is 5.91 Å². The van der Waals surface area contributed by atoms with Crippen LogP contribution in [-0.2, 0) is 13.7 Å². The van der Waals surface area contributed by atoms with Crippen LogP contribution in [0.5, 0.6) is 5.75 Å². The smallest absolute Gasteiger partial charge is 0.292 e. The molecule has 0 radical (unpaired) electrons. The number of nitrogens with one attached hydrogen (secondary N) is 1. The molecule has 2 heterocycles. The lowest BCUT2D eigenvalue weighted by Gasteiger charge is -2.09. The van der Waals surface area contributed by atoms with Crippen LogP contribution in [-0.4, -0.2) is 15.7 Å². The zero-order valence-electron chi connectivity index (χ0n) is 13.2. The van der Waals surface area contributed by atoms with Crippen LogP contribution < -0.4 is 10.1 Å². The van der Waals surface area contributed by atoms with Crippen LogP contribution in [0.25, 0.3) is 0 Å². The first kappa shape index (κ1) is 16.1. The average Bonchev–Trinajstić information content (AvgIpc) is 3.16. The summed E-state index contributed by atoms with van der Waals surface area (Å²) in [6.07, 6.45) is 1.74. The third-order valence-corrected chi connectivity index (χ3v) is 3.66. The standard InChI is InChI=1S/C17H16ClN3O3/c1-11-4-3-5-13(18)16(11)23-10-12-6-7-14(24-12)17(22)19-15-8-9-21(2)20-15/h3-9H,10H2,1-2H3,(H,19,20,22). The number of hydrogen-bond acceptors (Lipinski definition) is 4. The molecule has 3 aromatic rings. The van der Waals surface area contributed by atoms with Crippen LogP contribution in [0.3, 0.4) is 0 Å². The summed E-state index contributed by atoms with van der Waals surface area (Å²) in [7, 11) is 1.77. The quantitative estimate of drug-likeness (QED) is 0.763. The molecule has 7 heteroatoms. The first-order valence-corrected chi connectivity index (χ1v) is 7.68. The maximum atomic E-state index is 12.1. The van der Waals surface area contributed by atoms with E-state index in [4.69, 9.17) is 20.8 Å². The van der Waals surface area contributed by atoms with Gasteiger partial charge in [-0.15, -0.1) is 0 Å². The van der Waals surface area contributed by atoms with E-state index in [0.717, 1.165) is 5.56 Å². The minimum Gasteiger partial charge on any atom is -0.484 e. The molecule has 0 fully saturated rings. The molecule has 3 rings (SSSR count). The summed E-state index contributed by atoms with van der Waals surface area (Å²) in [4.78, 5) is 12.1. The van der Waals surface area contributed by atoms with Crippen molar-refractivity contribution in [3.8, 4) is 5.75 Å². The molecule has 2 aromatic heterocycles. The number of anilines is 1. The molecule has 0 aliphatic heterocycles. The number of ether oxygens (including phenoxy) is 1. The van der Waals surface area contributed by atoms with Gasteiger partial charge in [-0.3, -0.25) is 9.48 Å². The number of halogens is 1. The number of furan rings is 1. The van der Waals surface area contributed by atoms with Crippen molar-refractivity contribution in [3.63, 3.8) is 0 Å². The molecule has 0 saturated carbocycles. The van der Waals surface area contributed by atoms with E-state index in [1.165, 1.54) is 0 Å². The fourth-order valence-corrected chi connectivity index (χ4v) is 2.46. The Morgan fingerprint density at radius 3 is 2.88 bits per heavy atom. The molecule has 0 aliphatic rings. The Morgan fingerprint density at radius 1 is 1.33 bits per heavy atom. The Bertz CT molecular complexity index is 849. The normalized spacial score (nSPS) is 10.6. The summed E-state index contributed by atoms with van der Waals surface area (Å²) in [5, 5.41) is 7.28. The first-order valence-electron chi connectivity index (χ1n) is 7.30.